The van der Waals surface area contributed by atoms with Gasteiger partial charge in [-0.05, 0) is 41.8 Å². The van der Waals surface area contributed by atoms with Crippen molar-refractivity contribution in [1.82, 2.24) is 9.97 Å². The fourth-order valence-corrected chi connectivity index (χ4v) is 5.43. The highest BCUT2D eigenvalue weighted by atomic mass is 35.5. The Morgan fingerprint density at radius 3 is 2.57 bits per heavy atom. The van der Waals surface area contributed by atoms with Crippen LogP contribution in [0.1, 0.15) is 22.9 Å². The first-order valence-corrected chi connectivity index (χ1v) is 12.5. The molecule has 0 unspecified atom stereocenters. The second kappa shape index (κ2) is 9.13. The van der Waals surface area contributed by atoms with Gasteiger partial charge >= 0.3 is 0 Å². The first-order chi connectivity index (χ1) is 17.2. The van der Waals surface area contributed by atoms with E-state index in [2.05, 4.69) is 29.6 Å². The molecule has 2 aromatic heterocycles. The predicted octanol–water partition coefficient (Wildman–Crippen LogP) is 7.38. The van der Waals surface area contributed by atoms with Crippen LogP contribution in [0.3, 0.4) is 0 Å². The maximum atomic E-state index is 6.35. The summed E-state index contributed by atoms with van der Waals surface area (Å²) in [7, 11) is 1.69. The summed E-state index contributed by atoms with van der Waals surface area (Å²) in [5.41, 5.74) is 4.59. The summed E-state index contributed by atoms with van der Waals surface area (Å²) in [5, 5.41) is 10.7. The average Bonchev–Trinajstić information content (AvgIpc) is 3.59. The van der Waals surface area contributed by atoms with E-state index in [0.717, 1.165) is 45.6 Å². The van der Waals surface area contributed by atoms with Crippen LogP contribution in [0, 0.1) is 0 Å². The molecule has 0 saturated carbocycles. The first-order valence-electron chi connectivity index (χ1n) is 11.3. The number of halogens is 1. The second-order valence-corrected chi connectivity index (χ2v) is 9.64. The van der Waals surface area contributed by atoms with E-state index in [9.17, 15) is 0 Å². The maximum Gasteiger partial charge on any atom is 0.247 e. The number of ether oxygens (including phenoxy) is 1. The van der Waals surface area contributed by atoms with Crippen molar-refractivity contribution in [2.24, 2.45) is 5.10 Å². The van der Waals surface area contributed by atoms with Gasteiger partial charge in [0.1, 0.15) is 5.75 Å². The predicted molar refractivity (Wildman–Crippen MR) is 144 cm³/mol. The topological polar surface area (TPSA) is 50.6 Å². The molecule has 1 atom stereocenters. The summed E-state index contributed by atoms with van der Waals surface area (Å²) in [5.74, 6) is 1.36. The van der Waals surface area contributed by atoms with E-state index < -0.39 is 0 Å². The Kier molecular flexibility index (Phi) is 5.68. The number of aromatic nitrogens is 2. The number of anilines is 1. The van der Waals surface area contributed by atoms with Crippen molar-refractivity contribution in [3.05, 3.63) is 106 Å². The number of hydrogen-bond donors (Lipinski definition) is 0. The molecule has 0 amide bonds. The normalized spacial score (nSPS) is 15.4. The summed E-state index contributed by atoms with van der Waals surface area (Å²) in [4.78, 5) is 11.2. The summed E-state index contributed by atoms with van der Waals surface area (Å²) in [6.07, 6.45) is 0.726. The molecule has 3 heterocycles. The van der Waals surface area contributed by atoms with Gasteiger partial charge < -0.3 is 4.74 Å². The Labute approximate surface area is 212 Å². The van der Waals surface area contributed by atoms with E-state index in [4.69, 9.17) is 31.4 Å². The smallest absolute Gasteiger partial charge is 0.247 e. The Balaban J connectivity index is 1.54. The molecule has 0 N–H and O–H groups in total. The van der Waals surface area contributed by atoms with E-state index >= 15 is 0 Å². The highest BCUT2D eigenvalue weighted by molar-refractivity contribution is 7.10. The standard InChI is InChI=1S/C28H21ClN4OS/c1-34-25-11-6-5-10-20(25)23-17-24(26-12-7-15-35-26)33(32-23)28-30-22-14-13-19(29)16-21(22)27(31-28)18-8-3-2-4-9-18/h2-16,24H,17H2,1H3/t24-/m0/s1. The molecule has 35 heavy (non-hydrogen) atoms. The zero-order valence-corrected chi connectivity index (χ0v) is 20.5. The van der Waals surface area contributed by atoms with Gasteiger partial charge in [-0.3, -0.25) is 0 Å². The van der Waals surface area contributed by atoms with E-state index in [1.807, 2.05) is 65.7 Å². The average molecular weight is 497 g/mol. The van der Waals surface area contributed by atoms with Gasteiger partial charge in [0, 0.05) is 32.8 Å². The van der Waals surface area contributed by atoms with E-state index in [1.54, 1.807) is 18.4 Å². The maximum absolute atomic E-state index is 6.35. The van der Waals surface area contributed by atoms with Crippen molar-refractivity contribution in [2.45, 2.75) is 12.5 Å². The highest BCUT2D eigenvalue weighted by Crippen LogP contribution is 2.40. The monoisotopic (exact) mass is 496 g/mol. The molecule has 1 aliphatic heterocycles. The van der Waals surface area contributed by atoms with E-state index in [0.29, 0.717) is 11.0 Å². The van der Waals surface area contributed by atoms with Gasteiger partial charge in [0.15, 0.2) is 0 Å². The third-order valence-corrected chi connectivity index (χ3v) is 7.31. The van der Waals surface area contributed by atoms with Crippen molar-refractivity contribution in [3.63, 3.8) is 0 Å². The summed E-state index contributed by atoms with van der Waals surface area (Å²) >= 11 is 8.07. The van der Waals surface area contributed by atoms with Crippen molar-refractivity contribution < 1.29 is 4.74 Å². The Morgan fingerprint density at radius 2 is 1.77 bits per heavy atom. The third kappa shape index (κ3) is 4.05. The van der Waals surface area contributed by atoms with Crippen molar-refractivity contribution in [3.8, 4) is 17.0 Å². The van der Waals surface area contributed by atoms with Crippen LogP contribution in [0.5, 0.6) is 5.75 Å². The minimum atomic E-state index is -0.0108. The van der Waals surface area contributed by atoms with Gasteiger partial charge in [-0.1, -0.05) is 60.1 Å². The van der Waals surface area contributed by atoms with Gasteiger partial charge in [-0.25, -0.2) is 15.0 Å². The van der Waals surface area contributed by atoms with Gasteiger partial charge in [-0.2, -0.15) is 5.10 Å². The summed E-state index contributed by atoms with van der Waals surface area (Å²) in [6, 6.07) is 28.0. The number of benzene rings is 3. The molecule has 0 spiro atoms. The molecule has 0 fully saturated rings. The number of thiophene rings is 1. The van der Waals surface area contributed by atoms with Gasteiger partial charge in [0.25, 0.3) is 0 Å². The van der Waals surface area contributed by atoms with Crippen LogP contribution in [0.15, 0.2) is 95.4 Å². The number of para-hydroxylation sites is 1. The van der Waals surface area contributed by atoms with Crippen molar-refractivity contribution >= 4 is 45.5 Å². The Bertz CT molecular complexity index is 1540. The number of methoxy groups -OCH3 is 1. The fourth-order valence-electron chi connectivity index (χ4n) is 4.45. The van der Waals surface area contributed by atoms with Gasteiger partial charge in [0.2, 0.25) is 5.95 Å². The number of hydrazone groups is 1. The molecule has 6 rings (SSSR count). The molecule has 5 aromatic rings. The molecule has 0 aliphatic carbocycles. The quantitative estimate of drug-likeness (QED) is 0.255. The lowest BCUT2D eigenvalue weighted by Crippen LogP contribution is -2.20. The molecular weight excluding hydrogens is 476 g/mol. The SMILES string of the molecule is COc1ccccc1C1=NN(c2nc(-c3ccccc3)c3cc(Cl)ccc3n2)[C@H](c2cccs2)C1. The van der Waals surface area contributed by atoms with Crippen LogP contribution in [0.4, 0.5) is 5.95 Å². The molecule has 3 aromatic carbocycles. The number of fused-ring (bicyclic) bond motifs is 1. The third-order valence-electron chi connectivity index (χ3n) is 6.10. The molecule has 0 saturated heterocycles. The largest absolute Gasteiger partial charge is 0.496 e. The van der Waals surface area contributed by atoms with Crippen LogP contribution < -0.4 is 9.75 Å². The minimum Gasteiger partial charge on any atom is -0.496 e. The minimum absolute atomic E-state index is 0.0108. The lowest BCUT2D eigenvalue weighted by atomic mass is 10.0. The number of rotatable bonds is 5. The first kappa shape index (κ1) is 21.8. The zero-order valence-electron chi connectivity index (χ0n) is 18.9. The van der Waals surface area contributed by atoms with Crippen molar-refractivity contribution in [2.75, 3.05) is 12.1 Å². The van der Waals surface area contributed by atoms with Crippen LogP contribution in [0.25, 0.3) is 22.2 Å². The summed E-state index contributed by atoms with van der Waals surface area (Å²) in [6.45, 7) is 0. The van der Waals surface area contributed by atoms with Crippen molar-refractivity contribution in [1.29, 1.82) is 0 Å². The van der Waals surface area contributed by atoms with Crippen LogP contribution in [-0.4, -0.2) is 22.8 Å². The molecule has 7 heteroatoms. The van der Waals surface area contributed by atoms with Crippen LogP contribution in [-0.2, 0) is 0 Å². The fraction of sp³-hybridized carbons (Fsp3) is 0.107. The molecule has 0 bridgehead atoms. The molecule has 172 valence electrons. The van der Waals surface area contributed by atoms with Crippen LogP contribution >= 0.6 is 22.9 Å². The Morgan fingerprint density at radius 1 is 0.943 bits per heavy atom. The summed E-state index contributed by atoms with van der Waals surface area (Å²) < 4.78 is 5.63. The molecule has 5 nitrogen and oxygen atoms in total. The lowest BCUT2D eigenvalue weighted by Gasteiger charge is -2.21. The lowest BCUT2D eigenvalue weighted by molar-refractivity contribution is 0.414. The number of hydrogen-bond acceptors (Lipinski definition) is 6. The molecular formula is C28H21ClN4OS. The van der Waals surface area contributed by atoms with Gasteiger partial charge in [0.05, 0.1) is 30.1 Å². The van der Waals surface area contributed by atoms with E-state index in [-0.39, 0.29) is 6.04 Å². The van der Waals surface area contributed by atoms with Gasteiger partial charge in [-0.15, -0.1) is 11.3 Å². The van der Waals surface area contributed by atoms with E-state index in [1.165, 1.54) is 4.88 Å². The number of nitrogens with zero attached hydrogens (tertiary/aromatic N) is 4. The molecule has 1 aliphatic rings. The molecule has 0 radical (unpaired) electrons. The Hall–Kier alpha value is -3.74. The van der Waals surface area contributed by atoms with Crippen LogP contribution in [0.2, 0.25) is 5.02 Å². The highest BCUT2D eigenvalue weighted by Gasteiger charge is 2.33. The second-order valence-electron chi connectivity index (χ2n) is 8.23. The zero-order chi connectivity index (χ0) is 23.8.